The van der Waals surface area contributed by atoms with E-state index in [-0.39, 0.29) is 13.0 Å². The van der Waals surface area contributed by atoms with Gasteiger partial charge in [0.1, 0.15) is 0 Å². The van der Waals surface area contributed by atoms with Gasteiger partial charge in [-0.3, -0.25) is 4.90 Å². The number of likely N-dealkylation sites (tertiary alicyclic amines) is 1. The number of aliphatic hydroxyl groups excluding tert-OH is 1. The zero-order valence-corrected chi connectivity index (χ0v) is 9.79. The van der Waals surface area contributed by atoms with Gasteiger partial charge in [0, 0.05) is 32.0 Å². The first-order valence-corrected chi connectivity index (χ1v) is 5.94. The number of piperidine rings is 1. The highest BCUT2D eigenvalue weighted by Gasteiger charge is 2.39. The van der Waals surface area contributed by atoms with Gasteiger partial charge in [-0.25, -0.2) is 0 Å². The van der Waals surface area contributed by atoms with Crippen LogP contribution in [-0.4, -0.2) is 45.7 Å². The molecule has 0 aliphatic carbocycles. The summed E-state index contributed by atoms with van der Waals surface area (Å²) >= 11 is 0. The Morgan fingerprint density at radius 3 is 2.59 bits per heavy atom. The molecule has 1 aliphatic rings. The molecule has 1 aromatic carbocycles. The first-order chi connectivity index (χ1) is 8.12. The summed E-state index contributed by atoms with van der Waals surface area (Å²) in [4.78, 5) is 2.14. The molecule has 3 N–H and O–H groups in total. The zero-order valence-electron chi connectivity index (χ0n) is 9.79. The Morgan fingerprint density at radius 1 is 1.24 bits per heavy atom. The quantitative estimate of drug-likeness (QED) is 0.656. The monoisotopic (exact) mass is 237 g/mol. The Hall–Kier alpha value is -0.940. The van der Waals surface area contributed by atoms with E-state index in [1.165, 1.54) is 5.56 Å². The van der Waals surface area contributed by atoms with Gasteiger partial charge < -0.3 is 15.3 Å². The van der Waals surface area contributed by atoms with Crippen molar-refractivity contribution in [1.29, 1.82) is 0 Å². The number of rotatable bonds is 3. The van der Waals surface area contributed by atoms with Crippen LogP contribution < -0.4 is 0 Å². The number of hydrogen-bond donors (Lipinski definition) is 3. The van der Waals surface area contributed by atoms with E-state index in [1.807, 2.05) is 30.3 Å². The predicted molar refractivity (Wildman–Crippen MR) is 64.1 cm³/mol. The van der Waals surface area contributed by atoms with Gasteiger partial charge in [0.05, 0.1) is 6.61 Å². The normalized spacial score (nSPS) is 24.8. The average molecular weight is 237 g/mol. The first-order valence-electron chi connectivity index (χ1n) is 5.94. The summed E-state index contributed by atoms with van der Waals surface area (Å²) in [6, 6.07) is 10.1. The highest BCUT2D eigenvalue weighted by Crippen LogP contribution is 2.26. The third-order valence-electron chi connectivity index (χ3n) is 3.40. The minimum Gasteiger partial charge on any atom is -0.396 e. The summed E-state index contributed by atoms with van der Waals surface area (Å²) in [6.45, 7) is 1.74. The van der Waals surface area contributed by atoms with Crippen LogP contribution in [0.5, 0.6) is 0 Å². The first kappa shape index (κ1) is 12.5. The molecule has 0 amide bonds. The molecule has 0 bridgehead atoms. The molecule has 0 spiro atoms. The molecule has 1 unspecified atom stereocenters. The van der Waals surface area contributed by atoms with E-state index in [1.54, 1.807) is 0 Å². The van der Waals surface area contributed by atoms with Crippen LogP contribution >= 0.6 is 0 Å². The van der Waals surface area contributed by atoms with Crippen LogP contribution in [0.1, 0.15) is 12.0 Å². The molecule has 1 atom stereocenters. The Morgan fingerprint density at radius 2 is 1.94 bits per heavy atom. The van der Waals surface area contributed by atoms with Gasteiger partial charge in [-0.15, -0.1) is 0 Å². The Labute approximate surface area is 101 Å². The standard InChI is InChI=1S/C13H19NO3/c15-10-12-9-14(7-6-13(12,16)17)8-11-4-2-1-3-5-11/h1-5,12,15-17H,6-10H2. The van der Waals surface area contributed by atoms with Crippen molar-refractivity contribution in [3.8, 4) is 0 Å². The maximum absolute atomic E-state index is 9.69. The second-order valence-electron chi connectivity index (χ2n) is 4.73. The van der Waals surface area contributed by atoms with Crippen LogP contribution in [0.4, 0.5) is 0 Å². The maximum atomic E-state index is 9.69. The SMILES string of the molecule is OCC1CN(Cc2ccccc2)CCC1(O)O. The van der Waals surface area contributed by atoms with Crippen LogP contribution in [0.15, 0.2) is 30.3 Å². The third kappa shape index (κ3) is 3.04. The molecule has 17 heavy (non-hydrogen) atoms. The predicted octanol–water partition coefficient (Wildman–Crippen LogP) is 0.182. The molecule has 1 fully saturated rings. The fraction of sp³-hybridized carbons (Fsp3) is 0.538. The second kappa shape index (κ2) is 5.14. The lowest BCUT2D eigenvalue weighted by atomic mass is 9.91. The van der Waals surface area contributed by atoms with E-state index in [2.05, 4.69) is 4.90 Å². The summed E-state index contributed by atoms with van der Waals surface area (Å²) in [6.07, 6.45) is 0.283. The summed E-state index contributed by atoms with van der Waals surface area (Å²) in [5, 5.41) is 28.5. The molecule has 1 aliphatic heterocycles. The van der Waals surface area contributed by atoms with Crippen molar-refractivity contribution in [2.45, 2.75) is 18.8 Å². The van der Waals surface area contributed by atoms with Crippen LogP contribution in [0.3, 0.4) is 0 Å². The van der Waals surface area contributed by atoms with Gasteiger partial charge in [-0.2, -0.15) is 0 Å². The minimum absolute atomic E-state index is 0.196. The summed E-state index contributed by atoms with van der Waals surface area (Å²) in [5.74, 6) is -2.21. The van der Waals surface area contributed by atoms with Crippen molar-refractivity contribution >= 4 is 0 Å². The van der Waals surface area contributed by atoms with Crippen molar-refractivity contribution in [3.05, 3.63) is 35.9 Å². The molecule has 4 heteroatoms. The van der Waals surface area contributed by atoms with Crippen molar-refractivity contribution in [2.75, 3.05) is 19.7 Å². The Balaban J connectivity index is 1.96. The van der Waals surface area contributed by atoms with E-state index >= 15 is 0 Å². The molecule has 2 rings (SSSR count). The fourth-order valence-electron chi connectivity index (χ4n) is 2.27. The molecule has 1 heterocycles. The molecule has 0 aromatic heterocycles. The van der Waals surface area contributed by atoms with Crippen LogP contribution in [-0.2, 0) is 6.54 Å². The topological polar surface area (TPSA) is 63.9 Å². The maximum Gasteiger partial charge on any atom is 0.170 e. The van der Waals surface area contributed by atoms with Crippen molar-refractivity contribution < 1.29 is 15.3 Å². The molecule has 4 nitrogen and oxygen atoms in total. The fourth-order valence-corrected chi connectivity index (χ4v) is 2.27. The summed E-state index contributed by atoms with van der Waals surface area (Å²) < 4.78 is 0. The van der Waals surface area contributed by atoms with Crippen molar-refractivity contribution in [3.63, 3.8) is 0 Å². The molecule has 94 valence electrons. The molecule has 1 aromatic rings. The molecule has 0 saturated carbocycles. The minimum atomic E-state index is -1.72. The van der Waals surface area contributed by atoms with E-state index in [9.17, 15) is 10.2 Å². The van der Waals surface area contributed by atoms with E-state index in [4.69, 9.17) is 5.11 Å². The second-order valence-corrected chi connectivity index (χ2v) is 4.73. The molecular formula is C13H19NO3. The van der Waals surface area contributed by atoms with Gasteiger partial charge in [0.25, 0.3) is 0 Å². The Bertz CT molecular complexity index is 353. The van der Waals surface area contributed by atoms with E-state index in [0.717, 1.165) is 6.54 Å². The van der Waals surface area contributed by atoms with Crippen molar-refractivity contribution in [1.82, 2.24) is 4.90 Å². The summed E-state index contributed by atoms with van der Waals surface area (Å²) in [5.41, 5.74) is 1.20. The number of benzene rings is 1. The number of aliphatic hydroxyl groups is 3. The number of hydrogen-bond acceptors (Lipinski definition) is 4. The molecular weight excluding hydrogens is 218 g/mol. The van der Waals surface area contributed by atoms with E-state index in [0.29, 0.717) is 13.1 Å². The average Bonchev–Trinajstić information content (AvgIpc) is 2.33. The lowest BCUT2D eigenvalue weighted by Gasteiger charge is -2.40. The molecule has 1 saturated heterocycles. The van der Waals surface area contributed by atoms with Gasteiger partial charge >= 0.3 is 0 Å². The summed E-state index contributed by atoms with van der Waals surface area (Å²) in [7, 11) is 0. The lowest BCUT2D eigenvalue weighted by Crippen LogP contribution is -2.52. The van der Waals surface area contributed by atoms with Gasteiger partial charge in [-0.05, 0) is 5.56 Å². The smallest absolute Gasteiger partial charge is 0.170 e. The Kier molecular flexibility index (Phi) is 3.79. The van der Waals surface area contributed by atoms with Gasteiger partial charge in [-0.1, -0.05) is 30.3 Å². The third-order valence-corrected chi connectivity index (χ3v) is 3.40. The number of nitrogens with zero attached hydrogens (tertiary/aromatic N) is 1. The van der Waals surface area contributed by atoms with Crippen LogP contribution in [0.2, 0.25) is 0 Å². The van der Waals surface area contributed by atoms with Crippen molar-refractivity contribution in [2.24, 2.45) is 5.92 Å². The largest absolute Gasteiger partial charge is 0.396 e. The highest BCUT2D eigenvalue weighted by molar-refractivity contribution is 5.14. The highest BCUT2D eigenvalue weighted by atomic mass is 16.5. The lowest BCUT2D eigenvalue weighted by molar-refractivity contribution is -0.233. The van der Waals surface area contributed by atoms with Crippen LogP contribution in [0, 0.1) is 5.92 Å². The van der Waals surface area contributed by atoms with E-state index < -0.39 is 11.7 Å². The van der Waals surface area contributed by atoms with Crippen LogP contribution in [0.25, 0.3) is 0 Å². The molecule has 0 radical (unpaired) electrons. The van der Waals surface area contributed by atoms with Gasteiger partial charge in [0.2, 0.25) is 0 Å². The van der Waals surface area contributed by atoms with Gasteiger partial charge in [0.15, 0.2) is 5.79 Å². The zero-order chi connectivity index (χ0) is 12.3.